The van der Waals surface area contributed by atoms with Gasteiger partial charge >= 0.3 is 0 Å². The minimum atomic E-state index is -0.0686. The van der Waals surface area contributed by atoms with Crippen molar-refractivity contribution in [2.75, 3.05) is 0 Å². The van der Waals surface area contributed by atoms with Gasteiger partial charge in [0.15, 0.2) is 0 Å². The standard InChI is InChI=1S/C28H25N/c1-28(2,27-16-20-9-4-3-8-19(20)14-23(27)18-29)17-22-11-7-13-25-24-12-6-5-10-21(24)15-26(22)25/h3-14,16,18,29H,15,17H2,1-2H3. The van der Waals surface area contributed by atoms with Gasteiger partial charge in [-0.2, -0.15) is 0 Å². The van der Waals surface area contributed by atoms with Gasteiger partial charge in [0.2, 0.25) is 0 Å². The normalized spacial score (nSPS) is 12.6. The molecule has 1 N–H and O–H groups in total. The molecule has 0 heterocycles. The Morgan fingerprint density at radius 1 is 0.828 bits per heavy atom. The van der Waals surface area contributed by atoms with Gasteiger partial charge in [0.05, 0.1) is 0 Å². The molecule has 0 unspecified atom stereocenters. The minimum absolute atomic E-state index is 0.0686. The summed E-state index contributed by atoms with van der Waals surface area (Å²) in [4.78, 5) is 0. The van der Waals surface area contributed by atoms with Crippen LogP contribution in [0.5, 0.6) is 0 Å². The van der Waals surface area contributed by atoms with Crippen molar-refractivity contribution in [1.29, 1.82) is 5.41 Å². The van der Waals surface area contributed by atoms with E-state index in [9.17, 15) is 0 Å². The third kappa shape index (κ3) is 2.98. The molecule has 0 bridgehead atoms. The lowest BCUT2D eigenvalue weighted by atomic mass is 9.75. The van der Waals surface area contributed by atoms with Crippen LogP contribution in [0.1, 0.15) is 41.7 Å². The lowest BCUT2D eigenvalue weighted by Crippen LogP contribution is -2.23. The van der Waals surface area contributed by atoms with Crippen LogP contribution in [0, 0.1) is 5.41 Å². The van der Waals surface area contributed by atoms with Crippen molar-refractivity contribution in [2.24, 2.45) is 0 Å². The van der Waals surface area contributed by atoms with Crippen LogP contribution in [0.3, 0.4) is 0 Å². The first-order chi connectivity index (χ1) is 14.1. The Kier molecular flexibility index (Phi) is 4.13. The van der Waals surface area contributed by atoms with Crippen molar-refractivity contribution in [3.63, 3.8) is 0 Å². The summed E-state index contributed by atoms with van der Waals surface area (Å²) in [5, 5.41) is 10.4. The second kappa shape index (κ2) is 6.70. The predicted octanol–water partition coefficient (Wildman–Crippen LogP) is 6.93. The highest BCUT2D eigenvalue weighted by Crippen LogP contribution is 2.41. The number of fused-ring (bicyclic) bond motifs is 4. The zero-order chi connectivity index (χ0) is 20.0. The summed E-state index contributed by atoms with van der Waals surface area (Å²) in [6.45, 7) is 4.62. The molecule has 0 spiro atoms. The SMILES string of the molecule is CC(C)(Cc1cccc2c1Cc1ccccc1-2)c1cc2ccccc2cc1C=N. The summed E-state index contributed by atoms with van der Waals surface area (Å²) in [6.07, 6.45) is 3.49. The van der Waals surface area contributed by atoms with Crippen LogP contribution in [0.25, 0.3) is 21.9 Å². The Labute approximate surface area is 172 Å². The molecule has 142 valence electrons. The third-order valence-electron chi connectivity index (χ3n) is 6.38. The fourth-order valence-corrected chi connectivity index (χ4v) is 4.92. The molecule has 0 fully saturated rings. The summed E-state index contributed by atoms with van der Waals surface area (Å²) >= 11 is 0. The van der Waals surface area contributed by atoms with Crippen molar-refractivity contribution in [3.05, 3.63) is 107 Å². The number of rotatable bonds is 4. The van der Waals surface area contributed by atoms with Gasteiger partial charge in [0, 0.05) is 6.21 Å². The van der Waals surface area contributed by atoms with Crippen LogP contribution in [0.4, 0.5) is 0 Å². The fourth-order valence-electron chi connectivity index (χ4n) is 4.92. The van der Waals surface area contributed by atoms with Crippen molar-refractivity contribution >= 4 is 17.0 Å². The van der Waals surface area contributed by atoms with Crippen LogP contribution in [0.2, 0.25) is 0 Å². The molecule has 0 amide bonds. The first kappa shape index (κ1) is 17.9. The van der Waals surface area contributed by atoms with Gasteiger partial charge in [-0.15, -0.1) is 0 Å². The van der Waals surface area contributed by atoms with E-state index in [0.717, 1.165) is 18.4 Å². The largest absolute Gasteiger partial charge is 0.308 e. The molecular formula is C28H25N. The van der Waals surface area contributed by atoms with Crippen molar-refractivity contribution in [2.45, 2.75) is 32.1 Å². The second-order valence-corrected chi connectivity index (χ2v) is 8.77. The molecule has 29 heavy (non-hydrogen) atoms. The predicted molar refractivity (Wildman–Crippen MR) is 123 cm³/mol. The lowest BCUT2D eigenvalue weighted by Gasteiger charge is -2.29. The molecule has 1 nitrogen and oxygen atoms in total. The second-order valence-electron chi connectivity index (χ2n) is 8.77. The first-order valence-electron chi connectivity index (χ1n) is 10.3. The van der Waals surface area contributed by atoms with E-state index in [1.54, 1.807) is 0 Å². The minimum Gasteiger partial charge on any atom is -0.308 e. The van der Waals surface area contributed by atoms with E-state index in [4.69, 9.17) is 5.41 Å². The Morgan fingerprint density at radius 2 is 1.52 bits per heavy atom. The molecule has 4 aromatic carbocycles. The Bertz CT molecular complexity index is 1250. The van der Waals surface area contributed by atoms with E-state index >= 15 is 0 Å². The first-order valence-corrected chi connectivity index (χ1v) is 10.3. The van der Waals surface area contributed by atoms with E-state index in [2.05, 4.69) is 92.7 Å². The van der Waals surface area contributed by atoms with E-state index in [0.29, 0.717) is 0 Å². The van der Waals surface area contributed by atoms with E-state index in [-0.39, 0.29) is 5.41 Å². The van der Waals surface area contributed by atoms with Gasteiger partial charge in [-0.05, 0) is 80.1 Å². The van der Waals surface area contributed by atoms with Crippen LogP contribution in [-0.4, -0.2) is 6.21 Å². The summed E-state index contributed by atoms with van der Waals surface area (Å²) in [6, 6.07) is 28.4. The van der Waals surface area contributed by atoms with Gasteiger partial charge in [0.25, 0.3) is 0 Å². The average molecular weight is 376 g/mol. The topological polar surface area (TPSA) is 23.9 Å². The summed E-state index contributed by atoms with van der Waals surface area (Å²) in [5.41, 5.74) is 9.29. The van der Waals surface area contributed by atoms with Crippen LogP contribution >= 0.6 is 0 Å². The molecular weight excluding hydrogens is 350 g/mol. The van der Waals surface area contributed by atoms with Gasteiger partial charge in [-0.1, -0.05) is 80.6 Å². The highest BCUT2D eigenvalue weighted by Gasteiger charge is 2.28. The molecule has 1 aliphatic carbocycles. The van der Waals surface area contributed by atoms with Crippen LogP contribution in [-0.2, 0) is 18.3 Å². The number of hydrogen-bond donors (Lipinski definition) is 1. The molecule has 4 aromatic rings. The maximum absolute atomic E-state index is 8.00. The molecule has 1 heteroatoms. The van der Waals surface area contributed by atoms with E-state index in [1.165, 1.54) is 50.4 Å². The molecule has 0 aliphatic heterocycles. The number of benzene rings is 4. The highest BCUT2D eigenvalue weighted by atomic mass is 14.4. The monoisotopic (exact) mass is 375 g/mol. The van der Waals surface area contributed by atoms with Crippen molar-refractivity contribution < 1.29 is 0 Å². The van der Waals surface area contributed by atoms with Crippen molar-refractivity contribution in [1.82, 2.24) is 0 Å². The highest BCUT2D eigenvalue weighted by molar-refractivity contribution is 5.92. The molecule has 0 saturated heterocycles. The smallest absolute Gasteiger partial charge is 0.0253 e. The number of hydrogen-bond acceptors (Lipinski definition) is 1. The van der Waals surface area contributed by atoms with Crippen LogP contribution in [0.15, 0.2) is 78.9 Å². The fraction of sp³-hybridized carbons (Fsp3) is 0.179. The summed E-state index contributed by atoms with van der Waals surface area (Å²) < 4.78 is 0. The maximum atomic E-state index is 8.00. The molecule has 1 aliphatic rings. The molecule has 0 aromatic heterocycles. The zero-order valence-corrected chi connectivity index (χ0v) is 17.0. The Morgan fingerprint density at radius 3 is 2.31 bits per heavy atom. The van der Waals surface area contributed by atoms with Gasteiger partial charge in [-0.25, -0.2) is 0 Å². The molecule has 0 saturated carbocycles. The Balaban J connectivity index is 1.58. The van der Waals surface area contributed by atoms with Gasteiger partial charge in [0.1, 0.15) is 0 Å². The Hall–Kier alpha value is -3.19. The van der Waals surface area contributed by atoms with Gasteiger partial charge < -0.3 is 5.41 Å². The van der Waals surface area contributed by atoms with E-state index < -0.39 is 0 Å². The number of nitrogens with one attached hydrogen (secondary N) is 1. The van der Waals surface area contributed by atoms with E-state index in [1.807, 2.05) is 0 Å². The average Bonchev–Trinajstić information content (AvgIpc) is 3.12. The molecule has 0 radical (unpaired) electrons. The molecule has 0 atom stereocenters. The van der Waals surface area contributed by atoms with Gasteiger partial charge in [-0.3, -0.25) is 0 Å². The summed E-state index contributed by atoms with van der Waals surface area (Å²) in [7, 11) is 0. The third-order valence-corrected chi connectivity index (χ3v) is 6.38. The zero-order valence-electron chi connectivity index (χ0n) is 17.0. The summed E-state index contributed by atoms with van der Waals surface area (Å²) in [5.74, 6) is 0. The lowest BCUT2D eigenvalue weighted by molar-refractivity contribution is 0.521. The van der Waals surface area contributed by atoms with Crippen LogP contribution < -0.4 is 0 Å². The quantitative estimate of drug-likeness (QED) is 0.329. The maximum Gasteiger partial charge on any atom is 0.0253 e. The molecule has 5 rings (SSSR count). The van der Waals surface area contributed by atoms with Crippen molar-refractivity contribution in [3.8, 4) is 11.1 Å².